The molecule has 0 saturated heterocycles. The molecule has 3 N–H and O–H groups in total. The summed E-state index contributed by atoms with van der Waals surface area (Å²) < 4.78 is 10.3. The minimum absolute atomic E-state index is 0.154. The maximum Gasteiger partial charge on any atom is 0.347 e. The van der Waals surface area contributed by atoms with Gasteiger partial charge < -0.3 is 24.8 Å². The number of aliphatic hydroxyl groups is 2. The number of hydrogen-bond donors (Lipinski definition) is 3. The van der Waals surface area contributed by atoms with Gasteiger partial charge in [-0.3, -0.25) is 0 Å². The third-order valence-corrected chi connectivity index (χ3v) is 3.60. The van der Waals surface area contributed by atoms with E-state index in [1.54, 1.807) is 6.08 Å². The van der Waals surface area contributed by atoms with Crippen LogP contribution in [0.15, 0.2) is 36.5 Å². The van der Waals surface area contributed by atoms with Crippen LogP contribution in [0.1, 0.15) is 32.6 Å². The number of hydrogen-bond acceptors (Lipinski definition) is 7. The topological polar surface area (TPSA) is 130 Å². The molecule has 0 fully saturated rings. The summed E-state index contributed by atoms with van der Waals surface area (Å²) in [5.41, 5.74) is 0. The Kier molecular flexibility index (Phi) is 9.32. The lowest BCUT2D eigenvalue weighted by molar-refractivity contribution is -0.176. The Bertz CT molecular complexity index is 578. The highest BCUT2D eigenvalue weighted by Gasteiger charge is 2.32. The average Bonchev–Trinajstić information content (AvgIpc) is 2.59. The van der Waals surface area contributed by atoms with Gasteiger partial charge in [0.2, 0.25) is 0 Å². The molecule has 0 bridgehead atoms. The molecule has 8 nitrogen and oxygen atoms in total. The average molecular weight is 368 g/mol. The number of ether oxygens (including phenoxy) is 2. The summed E-state index contributed by atoms with van der Waals surface area (Å²) in [7, 11) is 0. The largest absolute Gasteiger partial charge is 0.478 e. The van der Waals surface area contributed by atoms with Crippen LogP contribution in [0.2, 0.25) is 0 Å². The van der Waals surface area contributed by atoms with E-state index in [9.17, 15) is 24.6 Å². The van der Waals surface area contributed by atoms with E-state index < -0.39 is 42.3 Å². The molecule has 1 heterocycles. The van der Waals surface area contributed by atoms with E-state index in [4.69, 9.17) is 14.6 Å². The molecule has 0 saturated carbocycles. The molecule has 0 aromatic rings. The normalized spacial score (nSPS) is 28.7. The van der Waals surface area contributed by atoms with E-state index in [-0.39, 0.29) is 6.42 Å². The quantitative estimate of drug-likeness (QED) is 0.273. The molecule has 1 rings (SSSR count). The Morgan fingerprint density at radius 1 is 1.31 bits per heavy atom. The van der Waals surface area contributed by atoms with Crippen LogP contribution in [-0.4, -0.2) is 57.6 Å². The standard InChI is InChI=1S/C18H24O8/c1-2-7-13-17(23)12(19)8-3-4-9-14(18(24)26-13)25-16(22)11-6-5-10-15(20)21/h3,5-6,8,10-14,17,19,23H,2,4,7,9H2,1H3,(H,20,21)/b8-3+,10-5+,11-6+/t12-,13+,14-,17+/m1/s1. The first-order chi connectivity index (χ1) is 12.3. The second kappa shape index (κ2) is 11.2. The fourth-order valence-corrected chi connectivity index (χ4v) is 2.30. The number of carboxylic acid groups (broad SMARTS) is 1. The first-order valence-corrected chi connectivity index (χ1v) is 8.36. The van der Waals surface area contributed by atoms with Crippen LogP contribution in [0.4, 0.5) is 0 Å². The molecule has 0 aromatic carbocycles. The molecule has 1 aliphatic heterocycles. The van der Waals surface area contributed by atoms with Crippen molar-refractivity contribution >= 4 is 17.9 Å². The van der Waals surface area contributed by atoms with E-state index in [0.29, 0.717) is 19.3 Å². The molecule has 8 heteroatoms. The Morgan fingerprint density at radius 2 is 2.00 bits per heavy atom. The van der Waals surface area contributed by atoms with Gasteiger partial charge in [0.15, 0.2) is 6.10 Å². The molecule has 0 aromatic heterocycles. The maximum absolute atomic E-state index is 12.3. The molecule has 0 spiro atoms. The number of rotatable bonds is 6. The van der Waals surface area contributed by atoms with Crippen LogP contribution in [0.25, 0.3) is 0 Å². The summed E-state index contributed by atoms with van der Waals surface area (Å²) in [5.74, 6) is -2.78. The summed E-state index contributed by atoms with van der Waals surface area (Å²) >= 11 is 0. The molecule has 0 unspecified atom stereocenters. The van der Waals surface area contributed by atoms with Gasteiger partial charge in [0.25, 0.3) is 0 Å². The van der Waals surface area contributed by atoms with Crippen molar-refractivity contribution in [1.82, 2.24) is 0 Å². The fraction of sp³-hybridized carbons (Fsp3) is 0.500. The summed E-state index contributed by atoms with van der Waals surface area (Å²) in [4.78, 5) is 34.4. The van der Waals surface area contributed by atoms with Crippen molar-refractivity contribution in [3.63, 3.8) is 0 Å². The van der Waals surface area contributed by atoms with Crippen LogP contribution < -0.4 is 0 Å². The van der Waals surface area contributed by atoms with Crippen molar-refractivity contribution in [2.24, 2.45) is 0 Å². The highest BCUT2D eigenvalue weighted by Crippen LogP contribution is 2.17. The molecule has 4 atom stereocenters. The Morgan fingerprint density at radius 3 is 2.65 bits per heavy atom. The summed E-state index contributed by atoms with van der Waals surface area (Å²) in [6.45, 7) is 1.84. The first-order valence-electron chi connectivity index (χ1n) is 8.36. The van der Waals surface area contributed by atoms with Crippen molar-refractivity contribution in [1.29, 1.82) is 0 Å². The summed E-state index contributed by atoms with van der Waals surface area (Å²) in [6, 6.07) is 0. The number of aliphatic carboxylic acids is 1. The Labute approximate surface area is 151 Å². The molecule has 0 amide bonds. The number of carbonyl (C=O) groups is 3. The van der Waals surface area contributed by atoms with Gasteiger partial charge in [-0.15, -0.1) is 0 Å². The third-order valence-electron chi connectivity index (χ3n) is 3.60. The van der Waals surface area contributed by atoms with E-state index in [1.807, 2.05) is 6.92 Å². The summed E-state index contributed by atoms with van der Waals surface area (Å²) in [5, 5.41) is 28.4. The minimum atomic E-state index is -1.27. The Hall–Kier alpha value is -2.45. The lowest BCUT2D eigenvalue weighted by Crippen LogP contribution is -2.42. The van der Waals surface area contributed by atoms with Gasteiger partial charge in [0.05, 0.1) is 0 Å². The maximum atomic E-state index is 12.3. The van der Waals surface area contributed by atoms with Crippen LogP contribution in [0.5, 0.6) is 0 Å². The highest BCUT2D eigenvalue weighted by atomic mass is 16.6. The van der Waals surface area contributed by atoms with Crippen LogP contribution in [-0.2, 0) is 23.9 Å². The highest BCUT2D eigenvalue weighted by molar-refractivity contribution is 5.86. The lowest BCUT2D eigenvalue weighted by Gasteiger charge is -2.27. The van der Waals surface area contributed by atoms with Gasteiger partial charge in [0, 0.05) is 12.2 Å². The molecule has 1 aliphatic rings. The van der Waals surface area contributed by atoms with Crippen molar-refractivity contribution in [3.05, 3.63) is 36.5 Å². The number of aliphatic hydroxyl groups excluding tert-OH is 2. The van der Waals surface area contributed by atoms with Gasteiger partial charge in [-0.05, 0) is 19.3 Å². The van der Waals surface area contributed by atoms with Crippen molar-refractivity contribution < 1.29 is 39.2 Å². The molecule has 26 heavy (non-hydrogen) atoms. The van der Waals surface area contributed by atoms with Crippen molar-refractivity contribution in [3.8, 4) is 0 Å². The van der Waals surface area contributed by atoms with Gasteiger partial charge in [0.1, 0.15) is 18.3 Å². The second-order valence-electron chi connectivity index (χ2n) is 5.73. The number of carboxylic acids is 1. The van der Waals surface area contributed by atoms with Gasteiger partial charge in [-0.2, -0.15) is 0 Å². The lowest BCUT2D eigenvalue weighted by atomic mass is 10.0. The smallest absolute Gasteiger partial charge is 0.347 e. The number of carbonyl (C=O) groups excluding carboxylic acids is 2. The SMILES string of the molecule is CCC[C@@H]1OC(=O)[C@H](OC(=O)/C=C/C=C/C(=O)O)CC/C=C/[C@@H](O)[C@@H]1O. The molecule has 144 valence electrons. The summed E-state index contributed by atoms with van der Waals surface area (Å²) in [6.07, 6.45) is 4.12. The predicted octanol–water partition coefficient (Wildman–Crippen LogP) is 0.879. The van der Waals surface area contributed by atoms with E-state index in [0.717, 1.165) is 18.2 Å². The van der Waals surface area contributed by atoms with Gasteiger partial charge in [-0.25, -0.2) is 14.4 Å². The second-order valence-corrected chi connectivity index (χ2v) is 5.73. The fourth-order valence-electron chi connectivity index (χ4n) is 2.30. The van der Waals surface area contributed by atoms with Crippen LogP contribution in [0, 0.1) is 0 Å². The molecule has 0 radical (unpaired) electrons. The monoisotopic (exact) mass is 368 g/mol. The van der Waals surface area contributed by atoms with Gasteiger partial charge >= 0.3 is 17.9 Å². The van der Waals surface area contributed by atoms with E-state index >= 15 is 0 Å². The van der Waals surface area contributed by atoms with Gasteiger partial charge in [-0.1, -0.05) is 37.6 Å². The van der Waals surface area contributed by atoms with Crippen LogP contribution >= 0.6 is 0 Å². The van der Waals surface area contributed by atoms with Crippen molar-refractivity contribution in [2.45, 2.75) is 57.0 Å². The number of cyclic esters (lactones) is 1. The zero-order chi connectivity index (χ0) is 19.5. The molecular formula is C18H24O8. The Balaban J connectivity index is 2.80. The van der Waals surface area contributed by atoms with Crippen molar-refractivity contribution in [2.75, 3.05) is 0 Å². The van der Waals surface area contributed by atoms with E-state index in [1.165, 1.54) is 12.2 Å². The molecule has 0 aliphatic carbocycles. The van der Waals surface area contributed by atoms with E-state index in [2.05, 4.69) is 0 Å². The zero-order valence-corrected chi connectivity index (χ0v) is 14.5. The van der Waals surface area contributed by atoms with Crippen LogP contribution in [0.3, 0.4) is 0 Å². The third kappa shape index (κ3) is 7.62. The molecular weight excluding hydrogens is 344 g/mol. The number of esters is 2. The predicted molar refractivity (Wildman–Crippen MR) is 91.0 cm³/mol. The number of allylic oxidation sites excluding steroid dienone is 3. The zero-order valence-electron chi connectivity index (χ0n) is 14.5. The first kappa shape index (κ1) is 21.6. The minimum Gasteiger partial charge on any atom is -0.478 e.